The molecule has 2 fully saturated rings. The third-order valence-corrected chi connectivity index (χ3v) is 5.24. The monoisotopic (exact) mass is 366 g/mol. The molecule has 0 bridgehead atoms. The first-order valence-electron chi connectivity index (χ1n) is 9.14. The van der Waals surface area contributed by atoms with Crippen molar-refractivity contribution in [2.24, 2.45) is 0 Å². The van der Waals surface area contributed by atoms with Crippen LogP contribution in [0.4, 0.5) is 8.78 Å². The lowest BCUT2D eigenvalue weighted by Gasteiger charge is -2.44. The molecule has 2 amide bonds. The van der Waals surface area contributed by atoms with Crippen LogP contribution in [0.5, 0.6) is 5.75 Å². The topological polar surface area (TPSA) is 49.9 Å². The molecule has 142 valence electrons. The van der Waals surface area contributed by atoms with E-state index < -0.39 is 12.2 Å². The number of alkyl halides is 2. The van der Waals surface area contributed by atoms with Crippen LogP contribution in [-0.2, 0) is 4.79 Å². The van der Waals surface area contributed by atoms with E-state index in [9.17, 15) is 18.4 Å². The van der Waals surface area contributed by atoms with Gasteiger partial charge in [0, 0.05) is 25.2 Å². The van der Waals surface area contributed by atoms with Gasteiger partial charge >= 0.3 is 6.61 Å². The minimum Gasteiger partial charge on any atom is -0.435 e. The summed E-state index contributed by atoms with van der Waals surface area (Å²) in [6, 6.07) is 5.79. The number of likely N-dealkylation sites (tertiary alicyclic amines) is 2. The molecule has 1 unspecified atom stereocenters. The van der Waals surface area contributed by atoms with Crippen LogP contribution in [0.2, 0.25) is 0 Å². The number of ether oxygens (including phenoxy) is 1. The standard InChI is InChI=1S/C19H24F2N2O3/c1-2-10-22-11-4-8-19(17(22)25)9-5-12-23(19)16(24)14-6-3-7-15(13-14)26-18(20)21/h3,6-7,13,18H,2,4-5,8-12H2,1H3. The second-order valence-electron chi connectivity index (χ2n) is 6.89. The van der Waals surface area contributed by atoms with Crippen molar-refractivity contribution in [3.05, 3.63) is 29.8 Å². The lowest BCUT2D eigenvalue weighted by Crippen LogP contribution is -2.61. The summed E-state index contributed by atoms with van der Waals surface area (Å²) in [4.78, 5) is 29.7. The first-order chi connectivity index (χ1) is 12.5. The molecule has 2 aliphatic rings. The molecule has 1 aromatic carbocycles. The van der Waals surface area contributed by atoms with Crippen molar-refractivity contribution in [2.75, 3.05) is 19.6 Å². The van der Waals surface area contributed by atoms with Crippen LogP contribution in [0, 0.1) is 0 Å². The Morgan fingerprint density at radius 2 is 2.00 bits per heavy atom. The number of piperidine rings is 1. The molecule has 26 heavy (non-hydrogen) atoms. The van der Waals surface area contributed by atoms with Crippen LogP contribution in [0.25, 0.3) is 0 Å². The van der Waals surface area contributed by atoms with Gasteiger partial charge in [0.05, 0.1) is 0 Å². The molecule has 1 atom stereocenters. The van der Waals surface area contributed by atoms with Crippen molar-refractivity contribution in [1.82, 2.24) is 9.80 Å². The molecule has 0 radical (unpaired) electrons. The molecule has 0 saturated carbocycles. The molecule has 7 heteroatoms. The zero-order valence-electron chi connectivity index (χ0n) is 14.9. The number of hydrogen-bond acceptors (Lipinski definition) is 3. The van der Waals surface area contributed by atoms with Gasteiger partial charge in [0.2, 0.25) is 5.91 Å². The summed E-state index contributed by atoms with van der Waals surface area (Å²) in [5, 5.41) is 0. The van der Waals surface area contributed by atoms with Crippen LogP contribution in [0.1, 0.15) is 49.4 Å². The van der Waals surface area contributed by atoms with E-state index in [1.807, 2.05) is 11.8 Å². The maximum atomic E-state index is 13.1. The number of benzene rings is 1. The minimum atomic E-state index is -2.94. The number of rotatable bonds is 5. The molecule has 0 aromatic heterocycles. The van der Waals surface area contributed by atoms with Crippen LogP contribution in [0.3, 0.4) is 0 Å². The summed E-state index contributed by atoms with van der Waals surface area (Å²) >= 11 is 0. The average molecular weight is 366 g/mol. The third-order valence-electron chi connectivity index (χ3n) is 5.24. The zero-order valence-corrected chi connectivity index (χ0v) is 14.9. The molecule has 2 aliphatic heterocycles. The highest BCUT2D eigenvalue weighted by Gasteiger charge is 2.52. The molecule has 1 spiro atoms. The van der Waals surface area contributed by atoms with Gasteiger partial charge in [-0.3, -0.25) is 9.59 Å². The molecule has 1 aromatic rings. The van der Waals surface area contributed by atoms with Crippen molar-refractivity contribution < 1.29 is 23.1 Å². The van der Waals surface area contributed by atoms with Crippen molar-refractivity contribution in [3.8, 4) is 5.75 Å². The quantitative estimate of drug-likeness (QED) is 0.803. The highest BCUT2D eigenvalue weighted by atomic mass is 19.3. The lowest BCUT2D eigenvalue weighted by molar-refractivity contribution is -0.145. The van der Waals surface area contributed by atoms with Crippen molar-refractivity contribution in [1.29, 1.82) is 0 Å². The van der Waals surface area contributed by atoms with E-state index >= 15 is 0 Å². The van der Waals surface area contributed by atoms with E-state index in [4.69, 9.17) is 0 Å². The Labute approximate surface area is 151 Å². The number of halogens is 2. The van der Waals surface area contributed by atoms with Gasteiger partial charge in [-0.15, -0.1) is 0 Å². The van der Waals surface area contributed by atoms with Crippen molar-refractivity contribution in [2.45, 2.75) is 51.2 Å². The third kappa shape index (κ3) is 3.39. The van der Waals surface area contributed by atoms with E-state index in [0.717, 1.165) is 25.8 Å². The van der Waals surface area contributed by atoms with Gasteiger partial charge in [-0.25, -0.2) is 0 Å². The van der Waals surface area contributed by atoms with Crippen LogP contribution in [-0.4, -0.2) is 53.4 Å². The fourth-order valence-electron chi connectivity index (χ4n) is 4.17. The molecule has 0 aliphatic carbocycles. The van der Waals surface area contributed by atoms with Gasteiger partial charge in [-0.1, -0.05) is 13.0 Å². The van der Waals surface area contributed by atoms with Gasteiger partial charge in [-0.05, 0) is 50.3 Å². The Bertz CT molecular complexity index is 681. The minimum absolute atomic E-state index is 0.0245. The molecule has 2 heterocycles. The Morgan fingerprint density at radius 3 is 2.69 bits per heavy atom. The van der Waals surface area contributed by atoms with Gasteiger partial charge < -0.3 is 14.5 Å². The molecule has 3 rings (SSSR count). The summed E-state index contributed by atoms with van der Waals surface area (Å²) in [6.07, 6.45) is 3.83. The summed E-state index contributed by atoms with van der Waals surface area (Å²) in [5.41, 5.74) is -0.519. The first-order valence-corrected chi connectivity index (χ1v) is 9.14. The van der Waals surface area contributed by atoms with E-state index in [2.05, 4.69) is 4.74 Å². The second-order valence-corrected chi connectivity index (χ2v) is 6.89. The summed E-state index contributed by atoms with van der Waals surface area (Å²) in [7, 11) is 0. The van der Waals surface area contributed by atoms with E-state index in [-0.39, 0.29) is 23.1 Å². The number of carbonyl (C=O) groups excluding carboxylic acids is 2. The predicted molar refractivity (Wildman–Crippen MR) is 92.2 cm³/mol. The first kappa shape index (κ1) is 18.6. The van der Waals surface area contributed by atoms with E-state index in [1.165, 1.54) is 18.2 Å². The van der Waals surface area contributed by atoms with Gasteiger partial charge in [0.25, 0.3) is 5.91 Å². The highest BCUT2D eigenvalue weighted by Crippen LogP contribution is 2.39. The highest BCUT2D eigenvalue weighted by molar-refractivity contribution is 6.00. The largest absolute Gasteiger partial charge is 0.435 e. The lowest BCUT2D eigenvalue weighted by atomic mass is 9.85. The fourth-order valence-corrected chi connectivity index (χ4v) is 4.17. The summed E-state index contributed by atoms with van der Waals surface area (Å²) < 4.78 is 29.3. The molecular weight excluding hydrogens is 342 g/mol. The predicted octanol–water partition coefficient (Wildman–Crippen LogP) is 3.30. The second kappa shape index (κ2) is 7.60. The van der Waals surface area contributed by atoms with E-state index in [0.29, 0.717) is 25.9 Å². The Kier molecular flexibility index (Phi) is 5.44. The maximum Gasteiger partial charge on any atom is 0.387 e. The van der Waals surface area contributed by atoms with Gasteiger partial charge in [0.1, 0.15) is 11.3 Å². The molecule has 5 nitrogen and oxygen atoms in total. The molecular formula is C19H24F2N2O3. The number of hydrogen-bond donors (Lipinski definition) is 0. The summed E-state index contributed by atoms with van der Waals surface area (Å²) in [6.45, 7) is 1.01. The molecule has 0 N–H and O–H groups in total. The van der Waals surface area contributed by atoms with Crippen LogP contribution < -0.4 is 4.74 Å². The van der Waals surface area contributed by atoms with Crippen molar-refractivity contribution >= 4 is 11.8 Å². The van der Waals surface area contributed by atoms with Crippen LogP contribution >= 0.6 is 0 Å². The number of amides is 2. The van der Waals surface area contributed by atoms with E-state index in [1.54, 1.807) is 11.0 Å². The molecule has 2 saturated heterocycles. The van der Waals surface area contributed by atoms with Crippen LogP contribution in [0.15, 0.2) is 24.3 Å². The number of nitrogens with zero attached hydrogens (tertiary/aromatic N) is 2. The normalized spacial score (nSPS) is 23.2. The SMILES string of the molecule is CCCN1CCCC2(CCCN2C(=O)c2cccc(OC(F)F)c2)C1=O. The smallest absolute Gasteiger partial charge is 0.387 e. The Balaban J connectivity index is 1.86. The Hall–Kier alpha value is -2.18. The summed E-state index contributed by atoms with van der Waals surface area (Å²) in [5.74, 6) is -0.327. The average Bonchev–Trinajstić information content (AvgIpc) is 3.03. The maximum absolute atomic E-state index is 13.1. The Morgan fingerprint density at radius 1 is 1.27 bits per heavy atom. The fraction of sp³-hybridized carbons (Fsp3) is 0.579. The number of carbonyl (C=O) groups is 2. The van der Waals surface area contributed by atoms with Gasteiger partial charge in [0.15, 0.2) is 0 Å². The zero-order chi connectivity index (χ0) is 18.7. The van der Waals surface area contributed by atoms with Gasteiger partial charge in [-0.2, -0.15) is 8.78 Å². The van der Waals surface area contributed by atoms with Crippen molar-refractivity contribution in [3.63, 3.8) is 0 Å².